The maximum Gasteiger partial charge on any atom is 0.257 e. The summed E-state index contributed by atoms with van der Waals surface area (Å²) in [6, 6.07) is 8.77. The van der Waals surface area contributed by atoms with Gasteiger partial charge in [-0.15, -0.1) is 0 Å². The van der Waals surface area contributed by atoms with E-state index >= 15 is 0 Å². The van der Waals surface area contributed by atoms with Crippen LogP contribution in [0, 0.1) is 13.8 Å². The molecule has 0 aliphatic carbocycles. The summed E-state index contributed by atoms with van der Waals surface area (Å²) in [4.78, 5) is 11.7. The number of aryl methyl sites for hydroxylation is 2. The van der Waals surface area contributed by atoms with Crippen LogP contribution in [0.1, 0.15) is 47.9 Å². The SMILES string of the molecule is Cc1cc(C2CCN(C(C)c3ccc4c(n3)OCCO4)C2)cc(C)n1. The van der Waals surface area contributed by atoms with Crippen molar-refractivity contribution < 1.29 is 9.47 Å². The highest BCUT2D eigenvalue weighted by Crippen LogP contribution is 2.35. The normalized spacial score (nSPS) is 21.3. The van der Waals surface area contributed by atoms with Crippen molar-refractivity contribution in [1.29, 1.82) is 0 Å². The van der Waals surface area contributed by atoms with Gasteiger partial charge in [-0.2, -0.15) is 0 Å². The van der Waals surface area contributed by atoms with Crippen molar-refractivity contribution in [3.63, 3.8) is 0 Å². The van der Waals surface area contributed by atoms with Crippen molar-refractivity contribution in [3.05, 3.63) is 46.9 Å². The van der Waals surface area contributed by atoms with E-state index in [1.165, 1.54) is 12.0 Å². The molecule has 5 nitrogen and oxygen atoms in total. The van der Waals surface area contributed by atoms with Crippen molar-refractivity contribution in [2.24, 2.45) is 0 Å². The van der Waals surface area contributed by atoms with Crippen molar-refractivity contribution in [2.75, 3.05) is 26.3 Å². The lowest BCUT2D eigenvalue weighted by Crippen LogP contribution is -2.25. The van der Waals surface area contributed by atoms with Gasteiger partial charge < -0.3 is 9.47 Å². The molecule has 2 aliphatic heterocycles. The average Bonchev–Trinajstić information content (AvgIpc) is 3.10. The Morgan fingerprint density at radius 1 is 1.08 bits per heavy atom. The van der Waals surface area contributed by atoms with Gasteiger partial charge in [-0.25, -0.2) is 4.98 Å². The van der Waals surface area contributed by atoms with Gasteiger partial charge in [0.1, 0.15) is 13.2 Å². The fourth-order valence-electron chi connectivity index (χ4n) is 3.88. The molecule has 132 valence electrons. The number of ether oxygens (including phenoxy) is 2. The molecule has 1 fully saturated rings. The molecular formula is C20H25N3O2. The predicted octanol–water partition coefficient (Wildman–Crippen LogP) is 3.42. The van der Waals surface area contributed by atoms with Crippen molar-refractivity contribution in [3.8, 4) is 11.6 Å². The van der Waals surface area contributed by atoms with E-state index in [0.717, 1.165) is 35.9 Å². The van der Waals surface area contributed by atoms with Crippen molar-refractivity contribution in [2.45, 2.75) is 39.2 Å². The molecule has 4 heterocycles. The lowest BCUT2D eigenvalue weighted by molar-refractivity contribution is 0.162. The summed E-state index contributed by atoms with van der Waals surface area (Å²) >= 11 is 0. The summed E-state index contributed by atoms with van der Waals surface area (Å²) in [6.07, 6.45) is 1.18. The predicted molar refractivity (Wildman–Crippen MR) is 96.3 cm³/mol. The summed E-state index contributed by atoms with van der Waals surface area (Å²) in [7, 11) is 0. The highest BCUT2D eigenvalue weighted by Gasteiger charge is 2.29. The lowest BCUT2D eigenvalue weighted by atomic mass is 9.98. The minimum Gasteiger partial charge on any atom is -0.484 e. The first-order chi connectivity index (χ1) is 12.1. The van der Waals surface area contributed by atoms with E-state index in [2.05, 4.69) is 53.8 Å². The maximum atomic E-state index is 5.63. The summed E-state index contributed by atoms with van der Waals surface area (Å²) in [6.45, 7) is 9.69. The molecule has 2 aliphatic rings. The Morgan fingerprint density at radius 3 is 2.64 bits per heavy atom. The molecule has 0 N–H and O–H groups in total. The monoisotopic (exact) mass is 339 g/mol. The van der Waals surface area contributed by atoms with E-state index < -0.39 is 0 Å². The Balaban J connectivity index is 1.49. The largest absolute Gasteiger partial charge is 0.484 e. The quantitative estimate of drug-likeness (QED) is 0.857. The number of likely N-dealkylation sites (tertiary alicyclic amines) is 1. The Morgan fingerprint density at radius 2 is 1.84 bits per heavy atom. The highest BCUT2D eigenvalue weighted by molar-refractivity contribution is 5.36. The molecule has 2 aromatic heterocycles. The van der Waals surface area contributed by atoms with E-state index in [4.69, 9.17) is 9.47 Å². The fraction of sp³-hybridized carbons (Fsp3) is 0.500. The minimum absolute atomic E-state index is 0.268. The smallest absolute Gasteiger partial charge is 0.257 e. The zero-order valence-corrected chi connectivity index (χ0v) is 15.2. The van der Waals surface area contributed by atoms with Gasteiger partial charge in [0.2, 0.25) is 0 Å². The van der Waals surface area contributed by atoms with Crippen LogP contribution in [0.3, 0.4) is 0 Å². The summed E-state index contributed by atoms with van der Waals surface area (Å²) in [5.41, 5.74) is 4.67. The van der Waals surface area contributed by atoms with Crippen LogP contribution in [-0.4, -0.2) is 41.2 Å². The van der Waals surface area contributed by atoms with Crippen LogP contribution >= 0.6 is 0 Å². The van der Waals surface area contributed by atoms with Gasteiger partial charge in [-0.05, 0) is 69.5 Å². The molecule has 0 bridgehead atoms. The van der Waals surface area contributed by atoms with E-state index in [9.17, 15) is 0 Å². The molecule has 5 heteroatoms. The standard InChI is InChI=1S/C20H25N3O2/c1-13-10-17(11-14(2)21-13)16-6-7-23(12-16)15(3)18-4-5-19-20(22-18)25-9-8-24-19/h4-5,10-11,15-16H,6-9,12H2,1-3H3. The first-order valence-corrected chi connectivity index (χ1v) is 9.06. The lowest BCUT2D eigenvalue weighted by Gasteiger charge is -2.25. The first-order valence-electron chi connectivity index (χ1n) is 9.06. The topological polar surface area (TPSA) is 47.5 Å². The minimum atomic E-state index is 0.268. The van der Waals surface area contributed by atoms with E-state index in [-0.39, 0.29) is 6.04 Å². The zero-order chi connectivity index (χ0) is 17.4. The number of hydrogen-bond acceptors (Lipinski definition) is 5. The van der Waals surface area contributed by atoms with Gasteiger partial charge in [-0.3, -0.25) is 9.88 Å². The van der Waals surface area contributed by atoms with Crippen LogP contribution in [0.25, 0.3) is 0 Å². The summed E-state index contributed by atoms with van der Waals surface area (Å²) in [5.74, 6) is 1.95. The Hall–Kier alpha value is -2.14. The van der Waals surface area contributed by atoms with Crippen LogP contribution in [0.15, 0.2) is 24.3 Å². The van der Waals surface area contributed by atoms with Crippen LogP contribution in [0.4, 0.5) is 0 Å². The second-order valence-electron chi connectivity index (χ2n) is 7.08. The number of pyridine rings is 2. The average molecular weight is 339 g/mol. The van der Waals surface area contributed by atoms with Crippen LogP contribution in [0.2, 0.25) is 0 Å². The second-order valence-corrected chi connectivity index (χ2v) is 7.08. The van der Waals surface area contributed by atoms with Gasteiger partial charge in [0, 0.05) is 24.0 Å². The van der Waals surface area contributed by atoms with Gasteiger partial charge >= 0.3 is 0 Å². The number of nitrogens with zero attached hydrogens (tertiary/aromatic N) is 3. The summed E-state index contributed by atoms with van der Waals surface area (Å²) < 4.78 is 11.2. The third-order valence-electron chi connectivity index (χ3n) is 5.20. The van der Waals surface area contributed by atoms with Crippen LogP contribution in [-0.2, 0) is 0 Å². The first kappa shape index (κ1) is 16.3. The van der Waals surface area contributed by atoms with Gasteiger partial charge in [-0.1, -0.05) is 0 Å². The molecule has 0 radical (unpaired) electrons. The highest BCUT2D eigenvalue weighted by atomic mass is 16.6. The third kappa shape index (κ3) is 3.33. The van der Waals surface area contributed by atoms with Crippen molar-refractivity contribution in [1.82, 2.24) is 14.9 Å². The van der Waals surface area contributed by atoms with Gasteiger partial charge in [0.05, 0.1) is 5.69 Å². The van der Waals surface area contributed by atoms with E-state index in [0.29, 0.717) is 25.0 Å². The number of rotatable bonds is 3. The Labute approximate surface area is 149 Å². The Kier molecular flexibility index (Phi) is 4.34. The molecule has 2 aromatic rings. The summed E-state index contributed by atoms with van der Waals surface area (Å²) in [5, 5.41) is 0. The maximum absolute atomic E-state index is 5.63. The van der Waals surface area contributed by atoms with Crippen LogP contribution in [0.5, 0.6) is 11.6 Å². The zero-order valence-electron chi connectivity index (χ0n) is 15.2. The van der Waals surface area contributed by atoms with Crippen molar-refractivity contribution >= 4 is 0 Å². The molecule has 2 unspecified atom stereocenters. The number of hydrogen-bond donors (Lipinski definition) is 0. The number of aromatic nitrogens is 2. The Bertz CT molecular complexity index is 757. The molecule has 0 saturated carbocycles. The van der Waals surface area contributed by atoms with Gasteiger partial charge in [0.15, 0.2) is 5.75 Å². The number of fused-ring (bicyclic) bond motifs is 1. The van der Waals surface area contributed by atoms with Gasteiger partial charge in [0.25, 0.3) is 5.88 Å². The molecule has 25 heavy (non-hydrogen) atoms. The molecule has 2 atom stereocenters. The molecule has 0 aromatic carbocycles. The molecule has 4 rings (SSSR count). The van der Waals surface area contributed by atoms with E-state index in [1.807, 2.05) is 6.07 Å². The van der Waals surface area contributed by atoms with Crippen LogP contribution < -0.4 is 9.47 Å². The van der Waals surface area contributed by atoms with E-state index in [1.54, 1.807) is 0 Å². The molecule has 1 saturated heterocycles. The second kappa shape index (κ2) is 6.64. The molecule has 0 spiro atoms. The third-order valence-corrected chi connectivity index (χ3v) is 5.20. The molecular weight excluding hydrogens is 314 g/mol. The molecule has 0 amide bonds. The fourth-order valence-corrected chi connectivity index (χ4v) is 3.88.